The maximum absolute atomic E-state index is 12.3. The van der Waals surface area contributed by atoms with Crippen LogP contribution in [0.25, 0.3) is 0 Å². The number of nitrogens with one attached hydrogen (secondary N) is 1. The van der Waals surface area contributed by atoms with Crippen LogP contribution in [0.3, 0.4) is 0 Å². The van der Waals surface area contributed by atoms with E-state index >= 15 is 0 Å². The molecular weight excluding hydrogens is 280 g/mol. The average Bonchev–Trinajstić information content (AvgIpc) is 3.15. The van der Waals surface area contributed by atoms with E-state index in [4.69, 9.17) is 9.47 Å². The molecule has 1 N–H and O–H groups in total. The first kappa shape index (κ1) is 17.5. The molecule has 1 amide bonds. The molecule has 2 atom stereocenters. The lowest BCUT2D eigenvalue weighted by atomic mass is 10.1. The summed E-state index contributed by atoms with van der Waals surface area (Å²) < 4.78 is 10.8. The van der Waals surface area contributed by atoms with Crippen LogP contribution in [0.1, 0.15) is 52.9 Å². The summed E-state index contributed by atoms with van der Waals surface area (Å²) in [5.41, 5.74) is -0.419. The molecule has 5 heteroatoms. The number of methoxy groups -OCH3 is 1. The van der Waals surface area contributed by atoms with Gasteiger partial charge in [-0.15, -0.1) is 0 Å². The predicted octanol–water partition coefficient (Wildman–Crippen LogP) is 2.79. The van der Waals surface area contributed by atoms with E-state index in [-0.39, 0.29) is 6.09 Å². The molecule has 5 nitrogen and oxygen atoms in total. The van der Waals surface area contributed by atoms with Crippen LogP contribution in [0.4, 0.5) is 4.79 Å². The quantitative estimate of drug-likeness (QED) is 0.785. The minimum Gasteiger partial charge on any atom is -0.444 e. The zero-order valence-corrected chi connectivity index (χ0v) is 14.6. The summed E-state index contributed by atoms with van der Waals surface area (Å²) in [7, 11) is 1.76. The Balaban J connectivity index is 1.75. The summed E-state index contributed by atoms with van der Waals surface area (Å²) in [6.45, 7) is 8.30. The van der Waals surface area contributed by atoms with Crippen LogP contribution in [0, 0.1) is 5.92 Å². The van der Waals surface area contributed by atoms with Gasteiger partial charge >= 0.3 is 6.09 Å². The Kier molecular flexibility index (Phi) is 6.09. The number of carbonyl (C=O) groups is 1. The van der Waals surface area contributed by atoms with Gasteiger partial charge in [-0.05, 0) is 65.3 Å². The SMILES string of the molecule is COCC(NCCC1CCCN1C(=O)OC(C)(C)C)C1CC1. The van der Waals surface area contributed by atoms with Crippen molar-refractivity contribution in [2.75, 3.05) is 26.8 Å². The zero-order chi connectivity index (χ0) is 16.2. The number of hydrogen-bond donors (Lipinski definition) is 1. The van der Waals surface area contributed by atoms with Crippen molar-refractivity contribution in [3.63, 3.8) is 0 Å². The van der Waals surface area contributed by atoms with Gasteiger partial charge in [-0.1, -0.05) is 0 Å². The average molecular weight is 312 g/mol. The van der Waals surface area contributed by atoms with Crippen LogP contribution >= 0.6 is 0 Å². The monoisotopic (exact) mass is 312 g/mol. The first-order chi connectivity index (χ1) is 10.4. The van der Waals surface area contributed by atoms with Gasteiger partial charge in [0.15, 0.2) is 0 Å². The molecule has 2 aliphatic rings. The van der Waals surface area contributed by atoms with Crippen LogP contribution in [-0.4, -0.2) is 55.5 Å². The van der Waals surface area contributed by atoms with E-state index in [1.165, 1.54) is 12.8 Å². The lowest BCUT2D eigenvalue weighted by Gasteiger charge is -2.29. The van der Waals surface area contributed by atoms with Crippen molar-refractivity contribution in [3.8, 4) is 0 Å². The Labute approximate surface area is 134 Å². The summed E-state index contributed by atoms with van der Waals surface area (Å²) in [5, 5.41) is 3.61. The minimum atomic E-state index is -0.419. The number of hydrogen-bond acceptors (Lipinski definition) is 4. The molecule has 1 aliphatic heterocycles. The van der Waals surface area contributed by atoms with Gasteiger partial charge in [0.25, 0.3) is 0 Å². The smallest absolute Gasteiger partial charge is 0.410 e. The molecule has 2 fully saturated rings. The summed E-state index contributed by atoms with van der Waals surface area (Å²) >= 11 is 0. The van der Waals surface area contributed by atoms with Gasteiger partial charge in [0.2, 0.25) is 0 Å². The normalized spacial score (nSPS) is 23.6. The highest BCUT2D eigenvalue weighted by Crippen LogP contribution is 2.32. The lowest BCUT2D eigenvalue weighted by molar-refractivity contribution is 0.0219. The summed E-state index contributed by atoms with van der Waals surface area (Å²) in [4.78, 5) is 14.2. The number of nitrogens with zero attached hydrogens (tertiary/aromatic N) is 1. The van der Waals surface area contributed by atoms with E-state index in [0.717, 1.165) is 44.9 Å². The maximum atomic E-state index is 12.3. The fraction of sp³-hybridized carbons (Fsp3) is 0.941. The van der Waals surface area contributed by atoms with Crippen molar-refractivity contribution in [3.05, 3.63) is 0 Å². The first-order valence-corrected chi connectivity index (χ1v) is 8.62. The predicted molar refractivity (Wildman–Crippen MR) is 87.0 cm³/mol. The fourth-order valence-corrected chi connectivity index (χ4v) is 3.17. The number of rotatable bonds is 7. The van der Waals surface area contributed by atoms with Crippen LogP contribution in [-0.2, 0) is 9.47 Å². The highest BCUT2D eigenvalue weighted by atomic mass is 16.6. The van der Waals surface area contributed by atoms with Gasteiger partial charge in [0.05, 0.1) is 6.61 Å². The molecule has 0 radical (unpaired) electrons. The van der Waals surface area contributed by atoms with E-state index in [1.807, 2.05) is 25.7 Å². The third-order valence-electron chi connectivity index (χ3n) is 4.43. The van der Waals surface area contributed by atoms with Gasteiger partial charge in [0, 0.05) is 25.7 Å². The molecule has 2 rings (SSSR count). The van der Waals surface area contributed by atoms with E-state index in [1.54, 1.807) is 7.11 Å². The maximum Gasteiger partial charge on any atom is 0.410 e. The van der Waals surface area contributed by atoms with Crippen LogP contribution in [0.2, 0.25) is 0 Å². The molecular formula is C17H32N2O3. The molecule has 1 aliphatic carbocycles. The third-order valence-corrected chi connectivity index (χ3v) is 4.43. The molecule has 1 saturated carbocycles. The molecule has 0 aromatic heterocycles. The van der Waals surface area contributed by atoms with E-state index < -0.39 is 5.60 Å². The molecule has 0 spiro atoms. The number of carbonyl (C=O) groups excluding carboxylic acids is 1. The standard InChI is InChI=1S/C17H32N2O3/c1-17(2,3)22-16(20)19-11-5-6-14(19)9-10-18-15(12-21-4)13-7-8-13/h13-15,18H,5-12H2,1-4H3. The molecule has 1 saturated heterocycles. The van der Waals surface area contributed by atoms with E-state index in [0.29, 0.717) is 12.1 Å². The molecule has 128 valence electrons. The highest BCUT2D eigenvalue weighted by molar-refractivity contribution is 5.68. The van der Waals surface area contributed by atoms with Crippen LogP contribution in [0.5, 0.6) is 0 Å². The fourth-order valence-electron chi connectivity index (χ4n) is 3.17. The minimum absolute atomic E-state index is 0.161. The Morgan fingerprint density at radius 2 is 2.05 bits per heavy atom. The van der Waals surface area contributed by atoms with Gasteiger partial charge in [0.1, 0.15) is 5.60 Å². The van der Waals surface area contributed by atoms with Crippen molar-refractivity contribution in [2.45, 2.75) is 70.6 Å². The molecule has 22 heavy (non-hydrogen) atoms. The van der Waals surface area contributed by atoms with Gasteiger partial charge in [-0.2, -0.15) is 0 Å². The van der Waals surface area contributed by atoms with Gasteiger partial charge in [-0.25, -0.2) is 4.79 Å². The highest BCUT2D eigenvalue weighted by Gasteiger charge is 2.33. The number of likely N-dealkylation sites (tertiary alicyclic amines) is 1. The molecule has 0 bridgehead atoms. The second-order valence-electron chi connectivity index (χ2n) is 7.61. The molecule has 0 aromatic rings. The van der Waals surface area contributed by atoms with Crippen molar-refractivity contribution < 1.29 is 14.3 Å². The Bertz CT molecular complexity index is 363. The zero-order valence-electron chi connectivity index (χ0n) is 14.6. The van der Waals surface area contributed by atoms with E-state index in [2.05, 4.69) is 5.32 Å². The largest absolute Gasteiger partial charge is 0.444 e. The summed E-state index contributed by atoms with van der Waals surface area (Å²) in [6.07, 6.45) is 5.62. The lowest BCUT2D eigenvalue weighted by Crippen LogP contribution is -2.42. The second-order valence-corrected chi connectivity index (χ2v) is 7.61. The van der Waals surface area contributed by atoms with Gasteiger partial charge < -0.3 is 19.7 Å². The third kappa shape index (κ3) is 5.43. The Morgan fingerprint density at radius 1 is 1.32 bits per heavy atom. The van der Waals surface area contributed by atoms with Crippen molar-refractivity contribution >= 4 is 6.09 Å². The van der Waals surface area contributed by atoms with Crippen molar-refractivity contribution in [1.82, 2.24) is 10.2 Å². The second kappa shape index (κ2) is 7.64. The molecule has 2 unspecified atom stereocenters. The molecule has 1 heterocycles. The summed E-state index contributed by atoms with van der Waals surface area (Å²) in [6, 6.07) is 0.783. The number of ether oxygens (including phenoxy) is 2. The van der Waals surface area contributed by atoms with Gasteiger partial charge in [-0.3, -0.25) is 0 Å². The summed E-state index contributed by atoms with van der Waals surface area (Å²) in [5.74, 6) is 0.783. The van der Waals surface area contributed by atoms with Crippen LogP contribution in [0.15, 0.2) is 0 Å². The van der Waals surface area contributed by atoms with Crippen LogP contribution < -0.4 is 5.32 Å². The Morgan fingerprint density at radius 3 is 2.64 bits per heavy atom. The molecule has 0 aromatic carbocycles. The Hall–Kier alpha value is -0.810. The van der Waals surface area contributed by atoms with Crippen molar-refractivity contribution in [1.29, 1.82) is 0 Å². The van der Waals surface area contributed by atoms with Crippen molar-refractivity contribution in [2.24, 2.45) is 5.92 Å². The first-order valence-electron chi connectivity index (χ1n) is 8.62. The number of amides is 1. The topological polar surface area (TPSA) is 50.8 Å². The van der Waals surface area contributed by atoms with E-state index in [9.17, 15) is 4.79 Å².